The van der Waals surface area contributed by atoms with E-state index in [0.29, 0.717) is 16.9 Å². The van der Waals surface area contributed by atoms with Gasteiger partial charge in [-0.15, -0.1) is 0 Å². The third-order valence-corrected chi connectivity index (χ3v) is 5.13. The molecule has 0 fully saturated rings. The smallest absolute Gasteiger partial charge is 0.232 e. The molecule has 7 heteroatoms. The molecule has 0 bridgehead atoms. The van der Waals surface area contributed by atoms with Crippen molar-refractivity contribution < 1.29 is 8.42 Å². The van der Waals surface area contributed by atoms with Crippen LogP contribution in [-0.2, 0) is 10.0 Å². The first kappa shape index (κ1) is 17.0. The molecule has 0 amide bonds. The Morgan fingerprint density at radius 2 is 1.73 bits per heavy atom. The molecule has 1 aromatic heterocycles. The summed E-state index contributed by atoms with van der Waals surface area (Å²) in [5, 5.41) is 0. The molecule has 0 radical (unpaired) electrons. The predicted octanol–water partition coefficient (Wildman–Crippen LogP) is 4.33. The zero-order valence-electron chi connectivity index (χ0n) is 12.8. The highest BCUT2D eigenvalue weighted by atomic mass is 32.2. The van der Waals surface area contributed by atoms with Crippen molar-refractivity contribution in [1.29, 1.82) is 0 Å². The van der Waals surface area contributed by atoms with Crippen LogP contribution in [0.5, 0.6) is 0 Å². The Kier molecular flexibility index (Phi) is 6.02. The molecule has 0 atom stereocenters. The van der Waals surface area contributed by atoms with E-state index in [-0.39, 0.29) is 5.75 Å². The highest BCUT2D eigenvalue weighted by molar-refractivity contribution is 7.92. The van der Waals surface area contributed by atoms with Gasteiger partial charge in [-0.25, -0.2) is 8.42 Å². The van der Waals surface area contributed by atoms with Gasteiger partial charge in [0.2, 0.25) is 10.0 Å². The number of imidazole rings is 1. The lowest BCUT2D eigenvalue weighted by Gasteiger charge is -2.08. The van der Waals surface area contributed by atoms with Gasteiger partial charge in [0, 0.05) is 0 Å². The lowest BCUT2D eigenvalue weighted by atomic mass is 10.1. The number of hydrogen-bond donors (Lipinski definition) is 3. The highest BCUT2D eigenvalue weighted by Gasteiger charge is 2.10. The normalized spacial score (nSPS) is 11.9. The van der Waals surface area contributed by atoms with Crippen molar-refractivity contribution in [2.75, 3.05) is 10.5 Å². The van der Waals surface area contributed by atoms with Crippen molar-refractivity contribution in [3.05, 3.63) is 23.0 Å². The Bertz CT molecular complexity index is 762. The van der Waals surface area contributed by atoms with E-state index in [0.717, 1.165) is 23.9 Å². The molecule has 0 saturated carbocycles. The highest BCUT2D eigenvalue weighted by Crippen LogP contribution is 2.18. The molecule has 5 nitrogen and oxygen atoms in total. The molecular weight excluding hydrogens is 318 g/mol. The molecule has 122 valence electrons. The molecule has 2 aromatic rings. The molecule has 2 rings (SSSR count). The summed E-state index contributed by atoms with van der Waals surface area (Å²) in [6.45, 7) is 2.17. The van der Waals surface area contributed by atoms with Crippen LogP contribution in [0.3, 0.4) is 0 Å². The van der Waals surface area contributed by atoms with Gasteiger partial charge in [0.25, 0.3) is 0 Å². The second kappa shape index (κ2) is 7.78. The minimum Gasteiger partial charge on any atom is -0.331 e. The molecule has 0 aliphatic carbocycles. The Hall–Kier alpha value is -1.34. The lowest BCUT2D eigenvalue weighted by Crippen LogP contribution is -2.16. The van der Waals surface area contributed by atoms with Crippen molar-refractivity contribution >= 4 is 39.0 Å². The SMILES string of the molecule is CCCCCCCCS(=O)(=O)Nc1ccc2[nH]c(=S)[nH]c2c1. The molecule has 1 aromatic carbocycles. The van der Waals surface area contributed by atoms with Gasteiger partial charge in [0.15, 0.2) is 4.77 Å². The van der Waals surface area contributed by atoms with Gasteiger partial charge in [-0.1, -0.05) is 39.0 Å². The summed E-state index contributed by atoms with van der Waals surface area (Å²) < 4.78 is 27.3. The van der Waals surface area contributed by atoms with Crippen molar-refractivity contribution in [1.82, 2.24) is 9.97 Å². The summed E-state index contributed by atoms with van der Waals surface area (Å²) in [5.41, 5.74) is 2.22. The molecule has 1 heterocycles. The topological polar surface area (TPSA) is 77.8 Å². The average molecular weight is 342 g/mol. The molecule has 3 N–H and O–H groups in total. The zero-order valence-corrected chi connectivity index (χ0v) is 14.4. The summed E-state index contributed by atoms with van der Waals surface area (Å²) in [7, 11) is -3.29. The van der Waals surface area contributed by atoms with Gasteiger partial charge >= 0.3 is 0 Å². The van der Waals surface area contributed by atoms with Crippen LogP contribution in [0.2, 0.25) is 0 Å². The molecular formula is C15H23N3O2S2. The minimum absolute atomic E-state index is 0.167. The number of rotatable bonds is 9. The number of anilines is 1. The first-order valence-electron chi connectivity index (χ1n) is 7.73. The second-order valence-electron chi connectivity index (χ2n) is 5.53. The monoisotopic (exact) mass is 341 g/mol. The Morgan fingerprint density at radius 1 is 1.05 bits per heavy atom. The fraction of sp³-hybridized carbons (Fsp3) is 0.533. The maximum absolute atomic E-state index is 12.1. The number of fused-ring (bicyclic) bond motifs is 1. The van der Waals surface area contributed by atoms with Crippen LogP contribution < -0.4 is 4.72 Å². The summed E-state index contributed by atoms with van der Waals surface area (Å²) >= 11 is 5.02. The van der Waals surface area contributed by atoms with Crippen LogP contribution in [0, 0.1) is 4.77 Å². The van der Waals surface area contributed by atoms with Crippen molar-refractivity contribution in [2.24, 2.45) is 0 Å². The van der Waals surface area contributed by atoms with Gasteiger partial charge in [-0.3, -0.25) is 4.72 Å². The fourth-order valence-corrected chi connectivity index (χ4v) is 3.79. The molecule has 0 saturated heterocycles. The number of aromatic nitrogens is 2. The number of sulfonamides is 1. The van der Waals surface area contributed by atoms with E-state index in [1.807, 2.05) is 6.07 Å². The van der Waals surface area contributed by atoms with E-state index in [2.05, 4.69) is 21.6 Å². The van der Waals surface area contributed by atoms with Crippen LogP contribution in [0.15, 0.2) is 18.2 Å². The average Bonchev–Trinajstić information content (AvgIpc) is 2.81. The summed E-state index contributed by atoms with van der Waals surface area (Å²) in [6.07, 6.45) is 6.38. The summed E-state index contributed by atoms with van der Waals surface area (Å²) in [6, 6.07) is 5.30. The molecule has 0 unspecified atom stereocenters. The van der Waals surface area contributed by atoms with E-state index >= 15 is 0 Å². The largest absolute Gasteiger partial charge is 0.331 e. The van der Waals surface area contributed by atoms with Crippen LogP contribution in [0.4, 0.5) is 5.69 Å². The first-order valence-corrected chi connectivity index (χ1v) is 9.79. The van der Waals surface area contributed by atoms with E-state index in [1.165, 1.54) is 19.3 Å². The van der Waals surface area contributed by atoms with Gasteiger partial charge in [-0.2, -0.15) is 0 Å². The zero-order chi connectivity index (χ0) is 16.0. The second-order valence-corrected chi connectivity index (χ2v) is 7.78. The third-order valence-electron chi connectivity index (χ3n) is 3.56. The number of aromatic amines is 2. The maximum Gasteiger partial charge on any atom is 0.232 e. The molecule has 0 aliphatic heterocycles. The Balaban J connectivity index is 1.88. The third kappa shape index (κ3) is 5.14. The van der Waals surface area contributed by atoms with E-state index in [9.17, 15) is 8.42 Å². The van der Waals surface area contributed by atoms with Crippen molar-refractivity contribution in [2.45, 2.75) is 45.4 Å². The Morgan fingerprint density at radius 3 is 2.50 bits per heavy atom. The quantitative estimate of drug-likeness (QED) is 0.469. The van der Waals surface area contributed by atoms with E-state index in [1.54, 1.807) is 12.1 Å². The van der Waals surface area contributed by atoms with Crippen LogP contribution in [0.1, 0.15) is 45.4 Å². The minimum atomic E-state index is -3.29. The summed E-state index contributed by atoms with van der Waals surface area (Å²) in [5.74, 6) is 0.167. The number of benzene rings is 1. The van der Waals surface area contributed by atoms with Crippen LogP contribution in [0.25, 0.3) is 11.0 Å². The molecule has 22 heavy (non-hydrogen) atoms. The van der Waals surface area contributed by atoms with E-state index < -0.39 is 10.0 Å². The van der Waals surface area contributed by atoms with Gasteiger partial charge in [0.1, 0.15) is 0 Å². The predicted molar refractivity (Wildman–Crippen MR) is 94.3 cm³/mol. The number of H-pyrrole nitrogens is 2. The molecule has 0 aliphatic rings. The standard InChI is InChI=1S/C15H23N3O2S2/c1-2-3-4-5-6-7-10-22(19,20)18-12-8-9-13-14(11-12)17-15(21)16-13/h8-9,11,18H,2-7,10H2,1H3,(H2,16,17,21). The Labute approximate surface area is 136 Å². The van der Waals surface area contributed by atoms with Gasteiger partial charge in [-0.05, 0) is 36.8 Å². The van der Waals surface area contributed by atoms with Gasteiger partial charge in [0.05, 0.1) is 22.5 Å². The van der Waals surface area contributed by atoms with Crippen molar-refractivity contribution in [3.8, 4) is 0 Å². The summed E-state index contributed by atoms with van der Waals surface area (Å²) in [4.78, 5) is 5.97. The van der Waals surface area contributed by atoms with Crippen LogP contribution >= 0.6 is 12.2 Å². The molecule has 0 spiro atoms. The number of hydrogen-bond acceptors (Lipinski definition) is 3. The first-order chi connectivity index (χ1) is 10.5. The maximum atomic E-state index is 12.1. The van der Waals surface area contributed by atoms with Gasteiger partial charge < -0.3 is 9.97 Å². The van der Waals surface area contributed by atoms with E-state index in [4.69, 9.17) is 12.2 Å². The van der Waals surface area contributed by atoms with Crippen molar-refractivity contribution in [3.63, 3.8) is 0 Å². The fourth-order valence-electron chi connectivity index (χ4n) is 2.40. The lowest BCUT2D eigenvalue weighted by molar-refractivity contribution is 0.588. The van der Waals surface area contributed by atoms with Crippen LogP contribution in [-0.4, -0.2) is 24.1 Å². The number of unbranched alkanes of at least 4 members (excludes halogenated alkanes) is 5. The number of nitrogens with one attached hydrogen (secondary N) is 3.